The van der Waals surface area contributed by atoms with Gasteiger partial charge in [-0.25, -0.2) is 34.7 Å². The minimum absolute atomic E-state index is 0.543. The second-order valence-corrected chi connectivity index (χ2v) is 27.7. The highest BCUT2D eigenvalue weighted by atomic mass is 32.3. The molecular formula is C41H66O47S6. The van der Waals surface area contributed by atoms with E-state index in [1.54, 1.807) is 0 Å². The summed E-state index contributed by atoms with van der Waals surface area (Å²) >= 11 is 0. The Morgan fingerprint density at radius 1 is 0.426 bits per heavy atom. The minimum atomic E-state index is -5.71. The smallest absolute Gasteiger partial charge is 0.397 e. The van der Waals surface area contributed by atoms with Gasteiger partial charge in [-0.2, -0.15) is 50.5 Å². The van der Waals surface area contributed by atoms with Crippen LogP contribution < -0.4 is 0 Å². The van der Waals surface area contributed by atoms with Gasteiger partial charge in [-0.05, 0) is 19.9 Å². The molecule has 5 fully saturated rings. The topological polar surface area (TPSA) is 720 Å². The Morgan fingerprint density at radius 2 is 0.840 bits per heavy atom. The van der Waals surface area contributed by atoms with Crippen molar-refractivity contribution in [3.8, 4) is 0 Å². The van der Waals surface area contributed by atoms with E-state index < -0.39 is 298 Å². The maximum Gasteiger partial charge on any atom is 0.397 e. The van der Waals surface area contributed by atoms with Crippen molar-refractivity contribution in [1.29, 1.82) is 0 Å². The lowest BCUT2D eigenvalue weighted by molar-refractivity contribution is -0.327. The zero-order valence-corrected chi connectivity index (χ0v) is 52.5. The van der Waals surface area contributed by atoms with Gasteiger partial charge >= 0.3 is 74.3 Å². The minimum Gasteiger partial charge on any atom is -0.479 e. The van der Waals surface area contributed by atoms with Gasteiger partial charge in [0.15, 0.2) is 43.5 Å². The van der Waals surface area contributed by atoms with Crippen molar-refractivity contribution in [2.75, 3.05) is 52.9 Å². The molecule has 18 unspecified atom stereocenters. The third kappa shape index (κ3) is 22.5. The summed E-state index contributed by atoms with van der Waals surface area (Å²) in [6, 6.07) is 0. The summed E-state index contributed by atoms with van der Waals surface area (Å²) in [5.74, 6) is -13.6. The second kappa shape index (κ2) is 32.1. The fourth-order valence-corrected chi connectivity index (χ4v) is 13.1. The van der Waals surface area contributed by atoms with Gasteiger partial charge in [-0.3, -0.25) is 27.3 Å². The Balaban J connectivity index is 1.31. The SMILES string of the molecule is CC1O[C@@H](OCC2C(CO[C@@H]3OC(C(=O)O)[C@H](O)C(COC4OC(COS(=O)(=O)O)[C@H](O)C(CO[C@@H]5OC(C)[C@H](OS(=O)(=O)O)C(O)C5OS(=O)(=O)O)C4CO[C@@H]4OC(C(=O)O)=CC(O)C4O)C3O)COC(COS(=O)(=O)O)[C@@H]2O)C(OS(=O)(=O)O)C(O)[C@H]1OS(=O)(=O)O. The van der Waals surface area contributed by atoms with Crippen LogP contribution in [0, 0.1) is 29.6 Å². The molecule has 0 aromatic carbocycles. The number of aliphatic carboxylic acids is 2. The van der Waals surface area contributed by atoms with Crippen LogP contribution in [0.3, 0.4) is 0 Å². The molecule has 16 N–H and O–H groups in total. The number of aliphatic hydroxyl groups is 8. The van der Waals surface area contributed by atoms with E-state index in [0.29, 0.717) is 6.08 Å². The molecule has 27 atom stereocenters. The van der Waals surface area contributed by atoms with Gasteiger partial charge in [0, 0.05) is 29.6 Å². The van der Waals surface area contributed by atoms with Gasteiger partial charge in [0.1, 0.15) is 54.9 Å². The summed E-state index contributed by atoms with van der Waals surface area (Å²) in [7, 11) is -33.0. The summed E-state index contributed by atoms with van der Waals surface area (Å²) in [6.45, 7) is -6.73. The number of rotatable bonds is 31. The number of ether oxygens (including phenoxy) is 11. The Labute approximate surface area is 531 Å². The van der Waals surface area contributed by atoms with Gasteiger partial charge in [-0.15, -0.1) is 0 Å². The molecule has 0 spiro atoms. The summed E-state index contributed by atoms with van der Waals surface area (Å²) in [6.07, 6.45) is -48.2. The van der Waals surface area contributed by atoms with Crippen LogP contribution in [0.2, 0.25) is 0 Å². The predicted octanol–water partition coefficient (Wildman–Crippen LogP) is -9.82. The van der Waals surface area contributed by atoms with E-state index in [-0.39, 0.29) is 0 Å². The molecule has 548 valence electrons. The fraction of sp³-hybridized carbons (Fsp3) is 0.902. The first-order valence-corrected chi connectivity index (χ1v) is 34.8. The maximum absolute atomic E-state index is 12.7. The summed E-state index contributed by atoms with van der Waals surface area (Å²) in [5.41, 5.74) is 0. The Hall–Kier alpha value is -3.02. The molecule has 94 heavy (non-hydrogen) atoms. The Kier molecular flexibility index (Phi) is 27.3. The van der Waals surface area contributed by atoms with Crippen LogP contribution in [0.25, 0.3) is 0 Å². The van der Waals surface area contributed by atoms with Crippen LogP contribution in [0.1, 0.15) is 13.8 Å². The molecule has 0 amide bonds. The lowest BCUT2D eigenvalue weighted by Crippen LogP contribution is -2.62. The van der Waals surface area contributed by atoms with Gasteiger partial charge in [0.25, 0.3) is 0 Å². The highest BCUT2D eigenvalue weighted by Gasteiger charge is 2.56. The van der Waals surface area contributed by atoms with Crippen LogP contribution >= 0.6 is 0 Å². The first-order chi connectivity index (χ1) is 43.1. The third-order valence-corrected chi connectivity index (χ3v) is 17.6. The second-order valence-electron chi connectivity index (χ2n) is 21.3. The van der Waals surface area contributed by atoms with Gasteiger partial charge < -0.3 is 103 Å². The number of carbonyl (C=O) groups is 2. The zero-order chi connectivity index (χ0) is 70.7. The number of hydrogen-bond donors (Lipinski definition) is 16. The lowest BCUT2D eigenvalue weighted by atomic mass is 9.82. The monoisotopic (exact) mass is 1500 g/mol. The van der Waals surface area contributed by atoms with Crippen molar-refractivity contribution in [2.45, 2.75) is 149 Å². The molecule has 0 bridgehead atoms. The van der Waals surface area contributed by atoms with Crippen molar-refractivity contribution in [1.82, 2.24) is 0 Å². The van der Waals surface area contributed by atoms with Crippen molar-refractivity contribution >= 4 is 74.3 Å². The molecule has 6 rings (SSSR count). The van der Waals surface area contributed by atoms with Crippen molar-refractivity contribution in [3.05, 3.63) is 11.8 Å². The standard InChI is InChI=1S/C41H66O47S6/c1-12-30(85-91(60,61)62)28(48)33(87-93(66,67)68)40(80-12)76-6-15-14(4-72-21(23(15)43)10-78-89(54,55)56)5-73-38-26(46)18(25(45)32(84-38)36(52)53)9-74-37-17(8-75-39-27(47)19(42)3-20(82-39)35(50)51)16(24(44)22(83-37)11-79-90(57,58)59)7-77-41-34(88-94(69,70)71)29(49)31(13(2)81-41)86-92(63,64)65/h3,12-19,21-34,37-49H,4-11H2,1-2H3,(H,50,51)(H,52,53)(H,54,55,56)(H,57,58,59)(H,60,61,62)(H,63,64,65)(H,66,67,68)(H,69,70,71)/t12?,13?,14?,15?,16?,17?,18?,19?,21?,22?,23-,24-,25-,26?,27?,28?,29?,30+,31+,32?,33?,34?,37?,38-,39-,40-,41-/m1/s1. The molecule has 0 aromatic heterocycles. The highest BCUT2D eigenvalue weighted by molar-refractivity contribution is 7.82. The van der Waals surface area contributed by atoms with Crippen molar-refractivity contribution < 1.29 is 216 Å². The van der Waals surface area contributed by atoms with Crippen molar-refractivity contribution in [3.63, 3.8) is 0 Å². The first kappa shape index (κ1) is 80.0. The number of carboxylic acid groups (broad SMARTS) is 2. The van der Waals surface area contributed by atoms with E-state index in [1.807, 2.05) is 0 Å². The van der Waals surface area contributed by atoms with Crippen LogP contribution in [-0.2, 0) is 149 Å². The maximum atomic E-state index is 12.7. The van der Waals surface area contributed by atoms with E-state index in [4.69, 9.17) is 52.1 Å². The lowest BCUT2D eigenvalue weighted by Gasteiger charge is -2.47. The predicted molar refractivity (Wildman–Crippen MR) is 280 cm³/mol. The zero-order valence-electron chi connectivity index (χ0n) is 47.6. The van der Waals surface area contributed by atoms with Gasteiger partial charge in [-0.1, -0.05) is 0 Å². The van der Waals surface area contributed by atoms with Crippen LogP contribution in [0.15, 0.2) is 11.8 Å². The number of hydrogen-bond acceptors (Lipinski definition) is 39. The molecule has 53 heteroatoms. The van der Waals surface area contributed by atoms with Gasteiger partial charge in [0.2, 0.25) is 12.0 Å². The Morgan fingerprint density at radius 3 is 1.31 bits per heavy atom. The number of aliphatic hydroxyl groups excluding tert-OH is 8. The molecule has 0 aliphatic carbocycles. The fourth-order valence-electron chi connectivity index (χ4n) is 10.4. The molecule has 6 aliphatic heterocycles. The van der Waals surface area contributed by atoms with E-state index in [9.17, 15) is 138 Å². The van der Waals surface area contributed by atoms with Gasteiger partial charge in [0.05, 0.1) is 83.4 Å². The molecule has 0 aromatic rings. The molecule has 47 nitrogen and oxygen atoms in total. The van der Waals surface area contributed by atoms with E-state index in [2.05, 4.69) is 25.1 Å². The van der Waals surface area contributed by atoms with E-state index in [1.165, 1.54) is 0 Å². The van der Waals surface area contributed by atoms with E-state index >= 15 is 0 Å². The molecule has 0 saturated carbocycles. The molecule has 0 radical (unpaired) electrons. The van der Waals surface area contributed by atoms with Crippen LogP contribution in [0.5, 0.6) is 0 Å². The highest BCUT2D eigenvalue weighted by Crippen LogP contribution is 2.39. The van der Waals surface area contributed by atoms with E-state index in [0.717, 1.165) is 13.8 Å². The Bertz CT molecular complexity index is 3300. The quantitative estimate of drug-likeness (QED) is 0.0287. The molecule has 6 heterocycles. The molecule has 5 saturated heterocycles. The summed E-state index contributed by atoms with van der Waals surface area (Å²) in [4.78, 5) is 24.6. The summed E-state index contributed by atoms with van der Waals surface area (Å²) in [5, 5.41) is 110. The largest absolute Gasteiger partial charge is 0.479 e. The third-order valence-electron chi connectivity index (χ3n) is 14.9. The average molecular weight is 1500 g/mol. The van der Waals surface area contributed by atoms with Crippen LogP contribution in [-0.4, -0.2) is 329 Å². The summed E-state index contributed by atoms with van der Waals surface area (Å²) < 4.78 is 285. The van der Waals surface area contributed by atoms with Crippen molar-refractivity contribution in [2.24, 2.45) is 29.6 Å². The molecule has 6 aliphatic rings. The molecular weight excluding hydrogens is 1440 g/mol. The average Bonchev–Trinajstić information content (AvgIpc) is 0.796. The normalized spacial score (nSPS) is 39.9. The van der Waals surface area contributed by atoms with Crippen LogP contribution in [0.4, 0.5) is 0 Å². The first-order valence-electron chi connectivity index (χ1n) is 26.6. The number of carboxylic acids is 2.